The zero-order valence-corrected chi connectivity index (χ0v) is 12.8. The number of carbonyl (C=O) groups excluding carboxylic acids is 2. The van der Waals surface area contributed by atoms with Gasteiger partial charge in [0.25, 0.3) is 0 Å². The number of amides is 1. The molecule has 1 aromatic carbocycles. The van der Waals surface area contributed by atoms with Crippen LogP contribution in [0.5, 0.6) is 5.75 Å². The summed E-state index contributed by atoms with van der Waals surface area (Å²) in [7, 11) is 0. The van der Waals surface area contributed by atoms with Gasteiger partial charge >= 0.3 is 6.09 Å². The Balaban J connectivity index is 2.27. The van der Waals surface area contributed by atoms with Crippen molar-refractivity contribution in [3.63, 3.8) is 0 Å². The zero-order valence-electron chi connectivity index (χ0n) is 12.8. The molecule has 0 radical (unpaired) electrons. The Bertz CT molecular complexity index is 523. The van der Waals surface area contributed by atoms with Crippen molar-refractivity contribution in [1.29, 1.82) is 0 Å². The molecule has 0 bridgehead atoms. The molecule has 1 aromatic rings. The standard InChI is InChI=1S/C16H21NO4/c1-15(2,3)13-17(16(4,10-18)11-20-13)14(19)21-12-8-6-5-7-9-12/h5-10,13H,11H2,1-4H3. The zero-order chi connectivity index (χ0) is 15.7. The number of para-hydroxylation sites is 1. The van der Waals surface area contributed by atoms with Crippen LogP contribution in [-0.4, -0.2) is 35.7 Å². The summed E-state index contributed by atoms with van der Waals surface area (Å²) >= 11 is 0. The predicted octanol–water partition coefficient (Wildman–Crippen LogP) is 2.85. The van der Waals surface area contributed by atoms with E-state index < -0.39 is 17.9 Å². The molecule has 0 spiro atoms. The maximum absolute atomic E-state index is 12.5. The number of carbonyl (C=O) groups is 2. The summed E-state index contributed by atoms with van der Waals surface area (Å²) in [6.45, 7) is 7.71. The van der Waals surface area contributed by atoms with Gasteiger partial charge in [0.15, 0.2) is 0 Å². The van der Waals surface area contributed by atoms with E-state index in [1.54, 1.807) is 31.2 Å². The molecule has 2 unspecified atom stereocenters. The number of aldehydes is 1. The number of hydrogen-bond acceptors (Lipinski definition) is 4. The maximum atomic E-state index is 12.5. The second-order valence-corrected chi connectivity index (χ2v) is 6.56. The first kappa shape index (κ1) is 15.5. The molecule has 0 aliphatic carbocycles. The van der Waals surface area contributed by atoms with E-state index in [0.717, 1.165) is 6.29 Å². The number of nitrogens with zero attached hydrogens (tertiary/aromatic N) is 1. The maximum Gasteiger partial charge on any atom is 0.418 e. The first-order valence-corrected chi connectivity index (χ1v) is 6.92. The summed E-state index contributed by atoms with van der Waals surface area (Å²) in [5.74, 6) is 0.440. The topological polar surface area (TPSA) is 55.8 Å². The Morgan fingerprint density at radius 2 is 2.00 bits per heavy atom. The smallest absolute Gasteiger partial charge is 0.410 e. The molecule has 21 heavy (non-hydrogen) atoms. The largest absolute Gasteiger partial charge is 0.418 e. The van der Waals surface area contributed by atoms with Crippen LogP contribution in [-0.2, 0) is 9.53 Å². The van der Waals surface area contributed by atoms with Gasteiger partial charge in [-0.25, -0.2) is 4.79 Å². The minimum Gasteiger partial charge on any atom is -0.410 e. The molecule has 2 rings (SSSR count). The van der Waals surface area contributed by atoms with Crippen LogP contribution in [0, 0.1) is 5.41 Å². The van der Waals surface area contributed by atoms with E-state index in [1.807, 2.05) is 26.8 Å². The fourth-order valence-corrected chi connectivity index (χ4v) is 2.33. The van der Waals surface area contributed by atoms with Crippen LogP contribution in [0.1, 0.15) is 27.7 Å². The van der Waals surface area contributed by atoms with Crippen LogP contribution < -0.4 is 4.74 Å². The first-order valence-electron chi connectivity index (χ1n) is 6.92. The molecule has 5 heteroatoms. The van der Waals surface area contributed by atoms with Gasteiger partial charge in [-0.2, -0.15) is 0 Å². The monoisotopic (exact) mass is 291 g/mol. The van der Waals surface area contributed by atoms with Crippen molar-refractivity contribution in [3.05, 3.63) is 30.3 Å². The van der Waals surface area contributed by atoms with Gasteiger partial charge in [0.05, 0.1) is 6.61 Å². The molecule has 1 saturated heterocycles. The van der Waals surface area contributed by atoms with Crippen molar-refractivity contribution in [2.24, 2.45) is 5.41 Å². The normalized spacial score (nSPS) is 25.7. The molecule has 0 aromatic heterocycles. The van der Waals surface area contributed by atoms with Gasteiger partial charge in [-0.15, -0.1) is 0 Å². The highest BCUT2D eigenvalue weighted by molar-refractivity contribution is 5.79. The molecule has 1 aliphatic heterocycles. The average molecular weight is 291 g/mol. The summed E-state index contributed by atoms with van der Waals surface area (Å²) in [5.41, 5.74) is -1.33. The van der Waals surface area contributed by atoms with Crippen molar-refractivity contribution in [2.45, 2.75) is 39.5 Å². The summed E-state index contributed by atoms with van der Waals surface area (Å²) in [4.78, 5) is 25.3. The number of benzene rings is 1. The van der Waals surface area contributed by atoms with E-state index in [4.69, 9.17) is 9.47 Å². The van der Waals surface area contributed by atoms with E-state index in [9.17, 15) is 9.59 Å². The van der Waals surface area contributed by atoms with Crippen molar-refractivity contribution < 1.29 is 19.1 Å². The third-order valence-electron chi connectivity index (χ3n) is 3.46. The van der Waals surface area contributed by atoms with E-state index in [0.29, 0.717) is 5.75 Å². The summed E-state index contributed by atoms with van der Waals surface area (Å²) in [5, 5.41) is 0. The fourth-order valence-electron chi connectivity index (χ4n) is 2.33. The van der Waals surface area contributed by atoms with Crippen molar-refractivity contribution in [3.8, 4) is 5.75 Å². The highest BCUT2D eigenvalue weighted by atomic mass is 16.6. The first-order chi connectivity index (χ1) is 9.78. The third kappa shape index (κ3) is 3.08. The van der Waals surface area contributed by atoms with Gasteiger partial charge in [0.2, 0.25) is 0 Å². The Kier molecular flexibility index (Phi) is 4.05. The highest BCUT2D eigenvalue weighted by Crippen LogP contribution is 2.36. The van der Waals surface area contributed by atoms with Crippen LogP contribution in [0.4, 0.5) is 4.79 Å². The minimum absolute atomic E-state index is 0.169. The Hall–Kier alpha value is -1.88. The summed E-state index contributed by atoms with van der Waals surface area (Å²) < 4.78 is 11.1. The molecule has 2 atom stereocenters. The van der Waals surface area contributed by atoms with Gasteiger partial charge in [-0.3, -0.25) is 4.90 Å². The van der Waals surface area contributed by atoms with Gasteiger partial charge in [0, 0.05) is 5.41 Å². The third-order valence-corrected chi connectivity index (χ3v) is 3.46. The van der Waals surface area contributed by atoms with E-state index in [2.05, 4.69) is 0 Å². The van der Waals surface area contributed by atoms with Crippen LogP contribution in [0.2, 0.25) is 0 Å². The molecule has 114 valence electrons. The Morgan fingerprint density at radius 3 is 2.52 bits per heavy atom. The lowest BCUT2D eigenvalue weighted by atomic mass is 9.92. The molecule has 5 nitrogen and oxygen atoms in total. The van der Waals surface area contributed by atoms with E-state index >= 15 is 0 Å². The quantitative estimate of drug-likeness (QED) is 0.786. The molecule has 1 heterocycles. The van der Waals surface area contributed by atoms with Crippen LogP contribution in [0.3, 0.4) is 0 Å². The lowest BCUT2D eigenvalue weighted by Gasteiger charge is -2.37. The SMILES string of the molecule is CC(C)(C)C1OCC(C)(C=O)N1C(=O)Oc1ccccc1. The van der Waals surface area contributed by atoms with Gasteiger partial charge in [0.1, 0.15) is 23.8 Å². The lowest BCUT2D eigenvalue weighted by Crippen LogP contribution is -2.55. The molecular formula is C16H21NO4. The van der Waals surface area contributed by atoms with Gasteiger partial charge in [-0.05, 0) is 19.1 Å². The van der Waals surface area contributed by atoms with Gasteiger partial charge in [-0.1, -0.05) is 39.0 Å². The number of rotatable bonds is 2. The van der Waals surface area contributed by atoms with Crippen molar-refractivity contribution in [1.82, 2.24) is 4.90 Å². The van der Waals surface area contributed by atoms with Crippen molar-refractivity contribution in [2.75, 3.05) is 6.61 Å². The van der Waals surface area contributed by atoms with Crippen LogP contribution in [0.15, 0.2) is 30.3 Å². The van der Waals surface area contributed by atoms with Crippen LogP contribution >= 0.6 is 0 Å². The van der Waals surface area contributed by atoms with Crippen LogP contribution in [0.25, 0.3) is 0 Å². The summed E-state index contributed by atoms with van der Waals surface area (Å²) in [6.07, 6.45) is -0.345. The van der Waals surface area contributed by atoms with E-state index in [-0.39, 0.29) is 12.0 Å². The second kappa shape index (κ2) is 5.48. The number of hydrogen-bond donors (Lipinski definition) is 0. The molecule has 1 aliphatic rings. The average Bonchev–Trinajstić information content (AvgIpc) is 2.78. The summed E-state index contributed by atoms with van der Waals surface area (Å²) in [6, 6.07) is 8.79. The molecular weight excluding hydrogens is 270 g/mol. The molecule has 0 N–H and O–H groups in total. The molecule has 0 saturated carbocycles. The number of ether oxygens (including phenoxy) is 2. The predicted molar refractivity (Wildman–Crippen MR) is 78.0 cm³/mol. The van der Waals surface area contributed by atoms with Crippen molar-refractivity contribution >= 4 is 12.4 Å². The Labute approximate surface area is 124 Å². The fraction of sp³-hybridized carbons (Fsp3) is 0.500. The molecule has 1 fully saturated rings. The second-order valence-electron chi connectivity index (χ2n) is 6.56. The minimum atomic E-state index is -1.01. The van der Waals surface area contributed by atoms with E-state index in [1.165, 1.54) is 4.90 Å². The van der Waals surface area contributed by atoms with Gasteiger partial charge < -0.3 is 14.3 Å². The Morgan fingerprint density at radius 1 is 1.38 bits per heavy atom. The highest BCUT2D eigenvalue weighted by Gasteiger charge is 2.52. The molecule has 1 amide bonds. The lowest BCUT2D eigenvalue weighted by molar-refractivity contribution is -0.116.